The summed E-state index contributed by atoms with van der Waals surface area (Å²) >= 11 is 0. The molecule has 0 aliphatic heterocycles. The molecule has 31 heavy (non-hydrogen) atoms. The molecule has 4 rings (SSSR count). The maximum atomic E-state index is 12.4. The first-order valence-corrected chi connectivity index (χ1v) is 10.2. The summed E-state index contributed by atoms with van der Waals surface area (Å²) in [6, 6.07) is 26.9. The van der Waals surface area contributed by atoms with Gasteiger partial charge in [-0.1, -0.05) is 78.9 Å². The molecule has 1 atom stereocenters. The number of nitrogens with one attached hydrogen (secondary N) is 1. The molecule has 0 radical (unpaired) electrons. The molecule has 4 aromatic carbocycles. The number of rotatable bonds is 8. The van der Waals surface area contributed by atoms with Gasteiger partial charge in [-0.05, 0) is 38.7 Å². The molecule has 5 nitrogen and oxygen atoms in total. The zero-order valence-corrected chi connectivity index (χ0v) is 17.1. The topological polar surface area (TPSA) is 81.4 Å². The van der Waals surface area contributed by atoms with Crippen molar-refractivity contribution < 1.29 is 14.3 Å². The number of fused-ring (bicyclic) bond motifs is 2. The number of carbonyl (C=O) groups is 2. The van der Waals surface area contributed by atoms with Crippen molar-refractivity contribution in [2.45, 2.75) is 19.1 Å². The van der Waals surface area contributed by atoms with E-state index in [1.165, 1.54) is 0 Å². The van der Waals surface area contributed by atoms with Crippen LogP contribution in [0.15, 0.2) is 84.9 Å². The minimum absolute atomic E-state index is 0.144. The number of ether oxygens (including phenoxy) is 1. The summed E-state index contributed by atoms with van der Waals surface area (Å²) in [5.74, 6) is -0.947. The van der Waals surface area contributed by atoms with Crippen LogP contribution in [0.5, 0.6) is 0 Å². The normalized spacial score (nSPS) is 12.0. The quantitative estimate of drug-likeness (QED) is 0.433. The van der Waals surface area contributed by atoms with Crippen LogP contribution in [0.25, 0.3) is 21.5 Å². The number of nitrogens with two attached hydrogens (primary N) is 1. The Morgan fingerprint density at radius 1 is 0.839 bits per heavy atom. The van der Waals surface area contributed by atoms with Gasteiger partial charge in [0, 0.05) is 6.42 Å². The summed E-state index contributed by atoms with van der Waals surface area (Å²) < 4.78 is 5.49. The molecular weight excluding hydrogens is 388 g/mol. The van der Waals surface area contributed by atoms with Gasteiger partial charge in [-0.2, -0.15) is 0 Å². The van der Waals surface area contributed by atoms with Gasteiger partial charge in [0.05, 0.1) is 6.61 Å². The van der Waals surface area contributed by atoms with Crippen LogP contribution in [-0.2, 0) is 27.4 Å². The smallest absolute Gasteiger partial charge is 0.246 e. The first-order chi connectivity index (χ1) is 15.1. The number of primary amides is 1. The van der Waals surface area contributed by atoms with Crippen molar-refractivity contribution in [3.63, 3.8) is 0 Å². The summed E-state index contributed by atoms with van der Waals surface area (Å²) in [6.07, 6.45) is 0.307. The van der Waals surface area contributed by atoms with Crippen LogP contribution >= 0.6 is 0 Å². The summed E-state index contributed by atoms with van der Waals surface area (Å²) in [4.78, 5) is 24.6. The molecule has 156 valence electrons. The number of carbonyl (C=O) groups excluding carboxylic acids is 2. The number of hydrogen-bond donors (Lipinski definition) is 2. The molecule has 0 saturated carbocycles. The molecule has 3 N–H and O–H groups in total. The SMILES string of the molecule is NC(=O)[C@H](Cc1c2ccccc2cc2ccccc12)NC(=O)COCc1ccccc1. The van der Waals surface area contributed by atoms with Crippen molar-refractivity contribution in [2.24, 2.45) is 5.73 Å². The van der Waals surface area contributed by atoms with Crippen molar-refractivity contribution in [1.82, 2.24) is 5.32 Å². The summed E-state index contributed by atoms with van der Waals surface area (Å²) in [7, 11) is 0. The molecule has 5 heteroatoms. The fraction of sp³-hybridized carbons (Fsp3) is 0.154. The monoisotopic (exact) mass is 412 g/mol. The van der Waals surface area contributed by atoms with E-state index in [9.17, 15) is 9.59 Å². The van der Waals surface area contributed by atoms with Gasteiger partial charge in [-0.15, -0.1) is 0 Å². The predicted molar refractivity (Wildman–Crippen MR) is 122 cm³/mol. The molecule has 2 amide bonds. The fourth-order valence-corrected chi connectivity index (χ4v) is 3.83. The maximum Gasteiger partial charge on any atom is 0.246 e. The highest BCUT2D eigenvalue weighted by atomic mass is 16.5. The lowest BCUT2D eigenvalue weighted by Gasteiger charge is -2.19. The maximum absolute atomic E-state index is 12.4. The van der Waals surface area contributed by atoms with E-state index in [1.807, 2.05) is 78.9 Å². The second-order valence-corrected chi connectivity index (χ2v) is 7.50. The van der Waals surface area contributed by atoms with Gasteiger partial charge in [-0.25, -0.2) is 0 Å². The van der Waals surface area contributed by atoms with Crippen molar-refractivity contribution in [1.29, 1.82) is 0 Å². The third-order valence-electron chi connectivity index (χ3n) is 5.31. The van der Waals surface area contributed by atoms with E-state index < -0.39 is 11.9 Å². The van der Waals surface area contributed by atoms with Gasteiger partial charge in [-0.3, -0.25) is 9.59 Å². The Bertz CT molecular complexity index is 1170. The van der Waals surface area contributed by atoms with Gasteiger partial charge in [0.15, 0.2) is 0 Å². The second-order valence-electron chi connectivity index (χ2n) is 7.50. The van der Waals surface area contributed by atoms with Gasteiger partial charge in [0.1, 0.15) is 12.6 Å². The van der Waals surface area contributed by atoms with E-state index in [1.54, 1.807) is 0 Å². The zero-order chi connectivity index (χ0) is 21.6. The second kappa shape index (κ2) is 9.41. The lowest BCUT2D eigenvalue weighted by atomic mass is 9.92. The van der Waals surface area contributed by atoms with Gasteiger partial charge in [0.2, 0.25) is 11.8 Å². The van der Waals surface area contributed by atoms with Crippen LogP contribution < -0.4 is 11.1 Å². The van der Waals surface area contributed by atoms with Crippen LogP contribution in [0.3, 0.4) is 0 Å². The molecule has 4 aromatic rings. The zero-order valence-electron chi connectivity index (χ0n) is 17.1. The summed E-state index contributed by atoms with van der Waals surface area (Å²) in [6.45, 7) is 0.179. The minimum Gasteiger partial charge on any atom is -0.368 e. The molecule has 0 aliphatic carbocycles. The molecular formula is C26H24N2O3. The Morgan fingerprint density at radius 3 is 2.03 bits per heavy atom. The largest absolute Gasteiger partial charge is 0.368 e. The van der Waals surface area contributed by atoms with Gasteiger partial charge < -0.3 is 15.8 Å². The van der Waals surface area contributed by atoms with Crippen LogP contribution in [-0.4, -0.2) is 24.5 Å². The highest BCUT2D eigenvalue weighted by Gasteiger charge is 2.21. The average molecular weight is 412 g/mol. The Balaban J connectivity index is 1.52. The van der Waals surface area contributed by atoms with Gasteiger partial charge >= 0.3 is 0 Å². The van der Waals surface area contributed by atoms with Crippen molar-refractivity contribution >= 4 is 33.4 Å². The minimum atomic E-state index is -0.831. The Kier molecular flexibility index (Phi) is 6.24. The lowest BCUT2D eigenvalue weighted by Crippen LogP contribution is -2.47. The molecule has 0 saturated heterocycles. The molecule has 0 spiro atoms. The molecule has 0 bridgehead atoms. The average Bonchev–Trinajstić information content (AvgIpc) is 2.79. The van der Waals surface area contributed by atoms with Crippen molar-refractivity contribution in [3.8, 4) is 0 Å². The first-order valence-electron chi connectivity index (χ1n) is 10.2. The van der Waals surface area contributed by atoms with E-state index in [-0.39, 0.29) is 12.5 Å². The molecule has 0 heterocycles. The Labute approximate surface area is 180 Å². The number of benzene rings is 4. The van der Waals surface area contributed by atoms with Gasteiger partial charge in [0.25, 0.3) is 0 Å². The first kappa shape index (κ1) is 20.6. The van der Waals surface area contributed by atoms with Crippen LogP contribution in [0.2, 0.25) is 0 Å². The lowest BCUT2D eigenvalue weighted by molar-refractivity contribution is -0.130. The van der Waals surface area contributed by atoms with Crippen LogP contribution in [0.1, 0.15) is 11.1 Å². The third kappa shape index (κ3) is 4.90. The molecule has 0 aromatic heterocycles. The third-order valence-corrected chi connectivity index (χ3v) is 5.31. The van der Waals surface area contributed by atoms with Crippen molar-refractivity contribution in [2.75, 3.05) is 6.61 Å². The van der Waals surface area contributed by atoms with E-state index in [0.29, 0.717) is 13.0 Å². The molecule has 0 aliphatic rings. The Hall–Kier alpha value is -3.70. The highest BCUT2D eigenvalue weighted by molar-refractivity contribution is 6.03. The summed E-state index contributed by atoms with van der Waals surface area (Å²) in [5, 5.41) is 6.99. The standard InChI is InChI=1S/C26H24N2O3/c27-26(30)24(28-25(29)17-31-16-18-8-2-1-3-9-18)15-23-21-12-6-4-10-19(21)14-20-11-5-7-13-22(20)23/h1-14,24H,15-17H2,(H2,27,30)(H,28,29)/t24-/m0/s1. The summed E-state index contributed by atoms with van der Waals surface area (Å²) in [5.41, 5.74) is 7.61. The van der Waals surface area contributed by atoms with Crippen LogP contribution in [0, 0.1) is 0 Å². The van der Waals surface area contributed by atoms with E-state index >= 15 is 0 Å². The van der Waals surface area contributed by atoms with E-state index in [2.05, 4.69) is 11.4 Å². The molecule has 0 fully saturated rings. The number of hydrogen-bond acceptors (Lipinski definition) is 3. The van der Waals surface area contributed by atoms with Crippen LogP contribution in [0.4, 0.5) is 0 Å². The van der Waals surface area contributed by atoms with E-state index in [0.717, 1.165) is 32.7 Å². The predicted octanol–water partition coefficient (Wildman–Crippen LogP) is 3.72. The number of amides is 2. The Morgan fingerprint density at radius 2 is 1.42 bits per heavy atom. The van der Waals surface area contributed by atoms with Crippen molar-refractivity contribution in [3.05, 3.63) is 96.1 Å². The van der Waals surface area contributed by atoms with E-state index in [4.69, 9.17) is 10.5 Å². The molecule has 0 unspecified atom stereocenters. The highest BCUT2D eigenvalue weighted by Crippen LogP contribution is 2.29. The fourth-order valence-electron chi connectivity index (χ4n) is 3.83.